The van der Waals surface area contributed by atoms with Crippen molar-refractivity contribution >= 4 is 251 Å². The topological polar surface area (TPSA) is 152 Å². The minimum Gasteiger partial charge on any atom is -0.779 e. The van der Waals surface area contributed by atoms with Crippen LogP contribution in [0.5, 0.6) is 5.75 Å². The number of aromatic hydroxyl groups is 1. The fourth-order valence-corrected chi connectivity index (χ4v) is 21.2. The minimum atomic E-state index is 0. The van der Waals surface area contributed by atoms with E-state index in [2.05, 4.69) is 143 Å². The average molecular weight is 2100 g/mol. The van der Waals surface area contributed by atoms with Crippen LogP contribution in [0.4, 0.5) is 0 Å². The molecule has 0 atom stereocenters. The Morgan fingerprint density at radius 2 is 0.583 bits per heavy atom. The zero-order valence-corrected chi connectivity index (χ0v) is 89.5. The Labute approximate surface area is 866 Å². The van der Waals surface area contributed by atoms with Gasteiger partial charge in [0.15, 0.2) is 11.2 Å². The van der Waals surface area contributed by atoms with Crippen molar-refractivity contribution in [1.82, 2.24) is 29.9 Å². The molecular formula is C104H67BeN8O3S13Zn3+. The van der Waals surface area contributed by atoms with Gasteiger partial charge in [-0.25, -0.2) is 29.9 Å². The van der Waals surface area contributed by atoms with E-state index in [4.69, 9.17) is 97.2 Å². The number of rotatable bonds is 8. The first kappa shape index (κ1) is 98.7. The van der Waals surface area contributed by atoms with Gasteiger partial charge in [-0.1, -0.05) is 302 Å². The molecule has 626 valence electrons. The monoisotopic (exact) mass is 2090 g/mol. The van der Waals surface area contributed by atoms with Crippen molar-refractivity contribution in [3.8, 4) is 92.1 Å². The Balaban J connectivity index is 0.000000128. The second-order valence-corrected chi connectivity index (χ2v) is 37.1. The number of para-hydroxylation sites is 9. The van der Waals surface area contributed by atoms with Gasteiger partial charge in [0, 0.05) is 77.0 Å². The number of benzene rings is 16. The summed E-state index contributed by atoms with van der Waals surface area (Å²) in [6.07, 6.45) is 3.59. The predicted molar refractivity (Wildman–Crippen MR) is 554 cm³/mol. The van der Waals surface area contributed by atoms with Crippen LogP contribution in [0.3, 0.4) is 0 Å². The molecule has 0 spiro atoms. The van der Waals surface area contributed by atoms with Crippen molar-refractivity contribution in [2.24, 2.45) is 0 Å². The number of hydrogen-bond acceptors (Lipinski definition) is 22. The van der Waals surface area contributed by atoms with Crippen LogP contribution >= 0.6 is 68.0 Å². The third kappa shape index (κ3) is 24.0. The number of phenols is 1. The molecule has 0 amide bonds. The van der Waals surface area contributed by atoms with Gasteiger partial charge in [0.05, 0.1) is 26.0 Å². The molecule has 24 rings (SSSR count). The van der Waals surface area contributed by atoms with Crippen molar-refractivity contribution in [2.45, 2.75) is 34.3 Å². The summed E-state index contributed by atoms with van der Waals surface area (Å²) in [6, 6.07) is 119. The van der Waals surface area contributed by atoms with Gasteiger partial charge in [-0.05, 0) is 111 Å². The summed E-state index contributed by atoms with van der Waals surface area (Å²) in [6.45, 7) is 0. The van der Waals surface area contributed by atoms with Crippen LogP contribution in [0.2, 0.25) is 0 Å². The number of phenolic OH excluding ortho intramolecular Hbond substituents is 1. The van der Waals surface area contributed by atoms with Crippen molar-refractivity contribution in [3.05, 3.63) is 387 Å². The number of aromatic amines is 2. The molecule has 0 saturated carbocycles. The number of fused-ring (bicyclic) bond motifs is 8. The number of aromatic nitrogens is 8. The molecule has 0 unspecified atom stereocenters. The van der Waals surface area contributed by atoms with Crippen molar-refractivity contribution in [2.75, 3.05) is 0 Å². The molecule has 28 heteroatoms. The molecule has 0 aliphatic heterocycles. The van der Waals surface area contributed by atoms with Crippen molar-refractivity contribution < 1.29 is 82.3 Å². The van der Waals surface area contributed by atoms with E-state index in [1.54, 1.807) is 86.5 Å². The first-order chi connectivity index (χ1) is 62.8. The third-order valence-electron chi connectivity index (χ3n) is 19.7. The van der Waals surface area contributed by atoms with Gasteiger partial charge in [-0.2, -0.15) is 44.2 Å². The second-order valence-electron chi connectivity index (χ2n) is 28.0. The predicted octanol–water partition coefficient (Wildman–Crippen LogP) is 28.3. The standard InChI is InChI=1S/2C17H11NS2.3C13H9NOS.C13H9NS2.2C9H7NS2.Be.3Zn/c2*19-14-10-9-11-5-1-2-6-12(11)16(14)17-18-13-7-3-4-8-15(13)20-17;2*16-12-8-4-1-5-9(12)13-14-10-6-2-3-7-11(10)15-13;2*15-11-7-3-1-5-9(11)13-14-10-6-2-4-8-12(10)16-13;2*11-8-4-2-1-3-7(8)9-10-5-6-12-9;;;;/h2*1-10,19H;2*1-8,16H;2*1-8,15H;2*1-6,11H;;;;/q;;;;;;;;+2;;2*+2/p-5. The molecule has 3 N–H and O–H groups in total. The van der Waals surface area contributed by atoms with Crippen LogP contribution in [-0.2, 0) is 147 Å². The van der Waals surface area contributed by atoms with E-state index in [9.17, 15) is 5.11 Å². The van der Waals surface area contributed by atoms with E-state index in [-0.39, 0.29) is 74.3 Å². The SMILES string of the molecule is Oc1ccccc1-c1nc2ccccc2s1.[Be+2].[S-]c1ccc2ccccc2c1-c1[nH+]c2ccccc2s1.[S-]c1ccc2ccccc2c1-c1[nH+]c2ccccc2s1.[S-]c1ccccc1-c1nc2ccccc2o1.[S-]c1ccccc1-c1nc2ccccc2o1.[S-]c1ccccc1-c1nc2ccccc2s1.[S-]c1ccccc1-c1nccs1.[S-]c1ccccc1-c1nccs1.[Zn+2].[Zn+2].[Zn]. The maximum atomic E-state index is 9.76. The summed E-state index contributed by atoms with van der Waals surface area (Å²) in [4.78, 5) is 39.2. The number of oxazole rings is 2. The molecule has 0 saturated heterocycles. The Morgan fingerprint density at radius 3 is 0.947 bits per heavy atom. The Kier molecular flexibility index (Phi) is 35.7. The van der Waals surface area contributed by atoms with E-state index >= 15 is 0 Å². The number of nitrogens with zero attached hydrogens (tertiary/aromatic N) is 6. The fourth-order valence-electron chi connectivity index (χ4n) is 13.6. The number of thiazole rings is 6. The van der Waals surface area contributed by atoms with Gasteiger partial charge >= 0.3 is 49.1 Å². The van der Waals surface area contributed by atoms with E-state index < -0.39 is 0 Å². The molecule has 8 heterocycles. The zero-order valence-electron chi connectivity index (χ0n) is 70.0. The summed E-state index contributed by atoms with van der Waals surface area (Å²) < 4.78 is 16.2. The first-order valence-corrected chi connectivity index (χ1v) is 47.7. The van der Waals surface area contributed by atoms with Crippen LogP contribution in [0.1, 0.15) is 0 Å². The summed E-state index contributed by atoms with van der Waals surface area (Å²) in [7, 11) is 0. The largest absolute Gasteiger partial charge is 2.00 e. The quantitative estimate of drug-likeness (QED) is 0.113. The molecule has 16 aromatic carbocycles. The second kappa shape index (κ2) is 47.7. The minimum absolute atomic E-state index is 0. The zero-order chi connectivity index (χ0) is 87.7. The van der Waals surface area contributed by atoms with Crippen molar-refractivity contribution in [1.29, 1.82) is 0 Å². The van der Waals surface area contributed by atoms with Gasteiger partial charge in [0.25, 0.3) is 10.0 Å². The molecule has 0 bridgehead atoms. The van der Waals surface area contributed by atoms with E-state index in [1.165, 1.54) is 35.6 Å². The maximum absolute atomic E-state index is 9.76. The molecule has 24 aromatic rings. The van der Waals surface area contributed by atoms with Gasteiger partial charge in [-0.15, -0.1) is 45.3 Å². The molecular weight excluding hydrogens is 2030 g/mol. The molecule has 11 nitrogen and oxygen atoms in total. The Morgan fingerprint density at radius 1 is 0.273 bits per heavy atom. The summed E-state index contributed by atoms with van der Waals surface area (Å²) >= 11 is 47.2. The number of nitrogens with one attached hydrogen (secondary N) is 2. The molecule has 0 aliphatic rings. The molecule has 0 fully saturated rings. The summed E-state index contributed by atoms with van der Waals surface area (Å²) in [5.41, 5.74) is 15.6. The van der Waals surface area contributed by atoms with Crippen molar-refractivity contribution in [3.63, 3.8) is 0 Å². The Hall–Kier alpha value is -10.8. The summed E-state index contributed by atoms with van der Waals surface area (Å²) in [5, 5.41) is 24.7. The number of hydrogen-bond donors (Lipinski definition) is 1. The van der Waals surface area contributed by atoms with Gasteiger partial charge in [-0.3, -0.25) is 0 Å². The van der Waals surface area contributed by atoms with Gasteiger partial charge in [0.2, 0.25) is 22.8 Å². The average Bonchev–Trinajstić information content (AvgIpc) is 1.63. The third-order valence-corrected chi connectivity index (χ3v) is 28.1. The Bertz CT molecular complexity index is 7040. The normalized spacial score (nSPS) is 10.4. The van der Waals surface area contributed by atoms with Gasteiger partial charge in [0.1, 0.15) is 46.2 Å². The van der Waals surface area contributed by atoms with Crippen LogP contribution in [0.25, 0.3) is 171 Å². The van der Waals surface area contributed by atoms with Gasteiger partial charge < -0.3 is 102 Å². The van der Waals surface area contributed by atoms with Crippen LogP contribution in [0.15, 0.2) is 430 Å². The molecule has 132 heavy (non-hydrogen) atoms. The molecule has 8 aromatic heterocycles. The molecule has 0 radical (unpaired) electrons. The van der Waals surface area contributed by atoms with Crippen LogP contribution < -0.4 is 9.97 Å². The summed E-state index contributed by atoms with van der Waals surface area (Å²) in [5.74, 6) is 1.46. The fraction of sp³-hybridized carbons (Fsp3) is 0. The number of H-pyrrole nitrogens is 2. The maximum Gasteiger partial charge on any atom is 2.00 e. The van der Waals surface area contributed by atoms with Crippen LogP contribution in [0, 0.1) is 0 Å². The first-order valence-electron chi connectivity index (χ1n) is 39.8. The van der Waals surface area contributed by atoms with E-state index in [0.717, 1.165) is 158 Å². The van der Waals surface area contributed by atoms with E-state index in [0.29, 0.717) is 11.8 Å². The van der Waals surface area contributed by atoms with Crippen LogP contribution in [-0.4, -0.2) is 45.1 Å². The molecule has 0 aliphatic carbocycles. The smallest absolute Gasteiger partial charge is 0.779 e. The van der Waals surface area contributed by atoms with E-state index in [1.807, 2.05) is 266 Å².